The van der Waals surface area contributed by atoms with Crippen molar-refractivity contribution in [3.63, 3.8) is 0 Å². The van der Waals surface area contributed by atoms with Crippen molar-refractivity contribution in [2.45, 2.75) is 30.7 Å². The van der Waals surface area contributed by atoms with Gasteiger partial charge in [-0.25, -0.2) is 0 Å². The number of para-hydroxylation sites is 1. The van der Waals surface area contributed by atoms with Gasteiger partial charge in [-0.1, -0.05) is 48.2 Å². The first kappa shape index (κ1) is 24.4. The highest BCUT2D eigenvalue weighted by molar-refractivity contribution is 8.00. The summed E-state index contributed by atoms with van der Waals surface area (Å²) in [5.41, 5.74) is 1.62. The second-order valence-electron chi connectivity index (χ2n) is 7.61. The van der Waals surface area contributed by atoms with Gasteiger partial charge in [0.25, 0.3) is 0 Å². The van der Waals surface area contributed by atoms with Crippen LogP contribution in [0.4, 0.5) is 0 Å². The maximum Gasteiger partial charge on any atom is 0.319 e. The fourth-order valence-electron chi connectivity index (χ4n) is 3.68. The molecule has 4 aromatic rings. The number of thioether (sulfide) groups is 1. The Bertz CT molecular complexity index is 1260. The number of ether oxygens (including phenoxy) is 3. The van der Waals surface area contributed by atoms with E-state index in [-0.39, 0.29) is 12.6 Å². The summed E-state index contributed by atoms with van der Waals surface area (Å²) in [6.07, 6.45) is 0.468. The predicted octanol–water partition coefficient (Wildman–Crippen LogP) is 5.12. The van der Waals surface area contributed by atoms with Crippen LogP contribution < -0.4 is 9.47 Å². The molecule has 0 aliphatic carbocycles. The van der Waals surface area contributed by atoms with Crippen LogP contribution in [0.3, 0.4) is 0 Å². The van der Waals surface area contributed by atoms with Crippen molar-refractivity contribution in [2.75, 3.05) is 20.8 Å². The van der Waals surface area contributed by atoms with E-state index < -0.39 is 5.25 Å². The molecule has 0 amide bonds. The number of carbonyl (C=O) groups is 1. The zero-order valence-electron chi connectivity index (χ0n) is 20.1. The van der Waals surface area contributed by atoms with Gasteiger partial charge in [-0.3, -0.25) is 9.36 Å². The van der Waals surface area contributed by atoms with Crippen LogP contribution in [0.2, 0.25) is 0 Å². The normalized spacial score (nSPS) is 11.8. The van der Waals surface area contributed by atoms with Crippen molar-refractivity contribution in [1.82, 2.24) is 14.8 Å². The maximum atomic E-state index is 13.0. The van der Waals surface area contributed by atoms with Crippen molar-refractivity contribution in [3.05, 3.63) is 72.0 Å². The van der Waals surface area contributed by atoms with Gasteiger partial charge in [0.15, 0.2) is 10.9 Å². The molecule has 0 fully saturated rings. The average molecular weight is 494 g/mol. The molecular formula is C26H27N3O5S. The number of aromatic nitrogens is 3. The number of nitrogens with zero attached hydrogens (tertiary/aromatic N) is 3. The lowest BCUT2D eigenvalue weighted by Gasteiger charge is -2.19. The van der Waals surface area contributed by atoms with Crippen molar-refractivity contribution in [1.29, 1.82) is 0 Å². The largest absolute Gasteiger partial charge is 0.494 e. The van der Waals surface area contributed by atoms with Gasteiger partial charge in [0.05, 0.1) is 20.8 Å². The minimum atomic E-state index is -0.549. The van der Waals surface area contributed by atoms with Crippen LogP contribution in [0.1, 0.15) is 18.2 Å². The molecule has 0 saturated heterocycles. The number of methoxy groups -OCH3 is 2. The summed E-state index contributed by atoms with van der Waals surface area (Å²) in [6, 6.07) is 19.0. The molecule has 1 atom stereocenters. The Kier molecular flexibility index (Phi) is 7.77. The molecule has 0 radical (unpaired) electrons. The van der Waals surface area contributed by atoms with Gasteiger partial charge in [-0.2, -0.15) is 0 Å². The molecule has 9 heteroatoms. The van der Waals surface area contributed by atoms with Crippen molar-refractivity contribution >= 4 is 17.7 Å². The highest BCUT2D eigenvalue weighted by Crippen LogP contribution is 2.40. The summed E-state index contributed by atoms with van der Waals surface area (Å²) in [5, 5.41) is 8.81. The van der Waals surface area contributed by atoms with Crippen LogP contribution in [0.25, 0.3) is 17.3 Å². The first-order chi connectivity index (χ1) is 17.0. The average Bonchev–Trinajstić information content (AvgIpc) is 3.49. The third-order valence-electron chi connectivity index (χ3n) is 5.28. The standard InChI is InChI=1S/C26H27N3O5S/c1-5-33-25(30)22(16-18-10-7-6-8-11-18)35-26-28-27-24(21-15-14-17(2)34-21)29(26)23-19(31-3)12-9-13-20(23)32-4/h6-15,22H,5,16H2,1-4H3. The second kappa shape index (κ2) is 11.1. The Hall–Kier alpha value is -3.72. The third kappa shape index (κ3) is 5.35. The third-order valence-corrected chi connectivity index (χ3v) is 6.40. The van der Waals surface area contributed by atoms with Gasteiger partial charge in [-0.05, 0) is 50.1 Å². The Balaban J connectivity index is 1.84. The van der Waals surface area contributed by atoms with E-state index in [9.17, 15) is 4.79 Å². The van der Waals surface area contributed by atoms with Crippen molar-refractivity contribution in [3.8, 4) is 28.8 Å². The first-order valence-electron chi connectivity index (χ1n) is 11.2. The van der Waals surface area contributed by atoms with Crippen molar-refractivity contribution < 1.29 is 23.4 Å². The molecule has 2 aromatic heterocycles. The van der Waals surface area contributed by atoms with E-state index in [2.05, 4.69) is 10.2 Å². The number of esters is 1. The quantitative estimate of drug-likeness (QED) is 0.222. The number of hydrogen-bond acceptors (Lipinski definition) is 8. The Morgan fingerprint density at radius 1 is 1.00 bits per heavy atom. The number of carbonyl (C=O) groups excluding carboxylic acids is 1. The molecule has 4 rings (SSSR count). The van der Waals surface area contributed by atoms with E-state index in [1.807, 2.05) is 67.6 Å². The molecule has 1 unspecified atom stereocenters. The molecule has 0 spiro atoms. The van der Waals surface area contributed by atoms with Crippen LogP contribution >= 0.6 is 11.8 Å². The number of furan rings is 1. The Morgan fingerprint density at radius 2 is 1.71 bits per heavy atom. The lowest BCUT2D eigenvalue weighted by molar-refractivity contribution is -0.142. The molecular weight excluding hydrogens is 466 g/mol. The van der Waals surface area contributed by atoms with Crippen LogP contribution in [-0.2, 0) is 16.0 Å². The molecule has 182 valence electrons. The topological polar surface area (TPSA) is 88.6 Å². The molecule has 0 saturated carbocycles. The summed E-state index contributed by atoms with van der Waals surface area (Å²) in [4.78, 5) is 13.0. The molecule has 2 aromatic carbocycles. The Morgan fingerprint density at radius 3 is 2.31 bits per heavy atom. The van der Waals surface area contributed by atoms with Gasteiger partial charge < -0.3 is 18.6 Å². The van der Waals surface area contributed by atoms with Crippen molar-refractivity contribution in [2.24, 2.45) is 0 Å². The summed E-state index contributed by atoms with van der Waals surface area (Å²) in [5.74, 6) is 2.54. The van der Waals surface area contributed by atoms with Gasteiger partial charge in [0, 0.05) is 0 Å². The summed E-state index contributed by atoms with van der Waals surface area (Å²) >= 11 is 1.28. The fourth-order valence-corrected chi connectivity index (χ4v) is 4.74. The molecule has 2 heterocycles. The smallest absolute Gasteiger partial charge is 0.319 e. The SMILES string of the molecule is CCOC(=O)C(Cc1ccccc1)Sc1nnc(-c2ccc(C)o2)n1-c1c(OC)cccc1OC. The lowest BCUT2D eigenvalue weighted by Crippen LogP contribution is -2.23. The zero-order chi connectivity index (χ0) is 24.8. The van der Waals surface area contributed by atoms with Crippen LogP contribution in [0, 0.1) is 6.92 Å². The number of benzene rings is 2. The second-order valence-corrected chi connectivity index (χ2v) is 8.78. The molecule has 0 N–H and O–H groups in total. The van der Waals surface area contributed by atoms with E-state index in [0.717, 1.165) is 11.3 Å². The van der Waals surface area contributed by atoms with E-state index >= 15 is 0 Å². The predicted molar refractivity (Wildman–Crippen MR) is 133 cm³/mol. The number of rotatable bonds is 10. The lowest BCUT2D eigenvalue weighted by atomic mass is 10.1. The van der Waals surface area contributed by atoms with Gasteiger partial charge in [0.1, 0.15) is 28.2 Å². The van der Waals surface area contributed by atoms with Crippen LogP contribution in [-0.4, -0.2) is 46.8 Å². The van der Waals surface area contributed by atoms with Crippen LogP contribution in [0.5, 0.6) is 11.5 Å². The van der Waals surface area contributed by atoms with Gasteiger partial charge >= 0.3 is 5.97 Å². The fraction of sp³-hybridized carbons (Fsp3) is 0.269. The Labute approximate surface area is 208 Å². The van der Waals surface area contributed by atoms with Crippen LogP contribution in [0.15, 0.2) is 70.2 Å². The molecule has 35 heavy (non-hydrogen) atoms. The number of aryl methyl sites for hydroxylation is 1. The summed E-state index contributed by atoms with van der Waals surface area (Å²) < 4.78 is 24.4. The zero-order valence-corrected chi connectivity index (χ0v) is 20.9. The molecule has 8 nitrogen and oxygen atoms in total. The minimum absolute atomic E-state index is 0.286. The molecule has 0 aliphatic rings. The highest BCUT2D eigenvalue weighted by Gasteiger charge is 2.29. The summed E-state index contributed by atoms with van der Waals surface area (Å²) in [7, 11) is 3.17. The van der Waals surface area contributed by atoms with Gasteiger partial charge in [0.2, 0.25) is 5.82 Å². The summed E-state index contributed by atoms with van der Waals surface area (Å²) in [6.45, 7) is 3.94. The maximum absolute atomic E-state index is 13.0. The highest BCUT2D eigenvalue weighted by atomic mass is 32.2. The number of hydrogen-bond donors (Lipinski definition) is 0. The van der Waals surface area contributed by atoms with E-state index in [1.54, 1.807) is 25.7 Å². The minimum Gasteiger partial charge on any atom is -0.494 e. The monoisotopic (exact) mass is 493 g/mol. The van der Waals surface area contributed by atoms with E-state index in [4.69, 9.17) is 18.6 Å². The van der Waals surface area contributed by atoms with Gasteiger partial charge in [-0.15, -0.1) is 10.2 Å². The van der Waals surface area contributed by atoms with E-state index in [1.165, 1.54) is 11.8 Å². The van der Waals surface area contributed by atoms with E-state index in [0.29, 0.717) is 40.3 Å². The first-order valence-corrected chi connectivity index (χ1v) is 12.0. The molecule has 0 aliphatic heterocycles. The molecule has 0 bridgehead atoms.